The second-order valence-corrected chi connectivity index (χ2v) is 4.94. The highest BCUT2D eigenvalue weighted by molar-refractivity contribution is 5.79. The van der Waals surface area contributed by atoms with Gasteiger partial charge in [0.25, 0.3) is 0 Å². The van der Waals surface area contributed by atoms with Gasteiger partial charge in [0, 0.05) is 6.42 Å². The van der Waals surface area contributed by atoms with Crippen molar-refractivity contribution in [3.8, 4) is 5.75 Å². The van der Waals surface area contributed by atoms with E-state index in [2.05, 4.69) is 31.3 Å². The van der Waals surface area contributed by atoms with Crippen LogP contribution in [0.5, 0.6) is 5.75 Å². The van der Waals surface area contributed by atoms with E-state index in [-0.39, 0.29) is 11.9 Å². The number of amides is 1. The van der Waals surface area contributed by atoms with Gasteiger partial charge in [-0.1, -0.05) is 32.4 Å². The fourth-order valence-electron chi connectivity index (χ4n) is 2.00. The van der Waals surface area contributed by atoms with Crippen LogP contribution in [0.3, 0.4) is 0 Å². The number of carbonyl (C=O) groups is 1. The first-order chi connectivity index (χ1) is 9.67. The average molecular weight is 278 g/mol. The number of benzene rings is 1. The molecule has 1 aromatic rings. The molecule has 0 aromatic heterocycles. The number of primary amides is 1. The van der Waals surface area contributed by atoms with Crippen molar-refractivity contribution in [3.05, 3.63) is 29.8 Å². The highest BCUT2D eigenvalue weighted by Gasteiger charge is 2.13. The minimum Gasteiger partial charge on any atom is -0.494 e. The minimum absolute atomic E-state index is 0.311. The fraction of sp³-hybridized carbons (Fsp3) is 0.562. The third-order valence-corrected chi connectivity index (χ3v) is 3.12. The maximum absolute atomic E-state index is 11.3. The van der Waals surface area contributed by atoms with E-state index in [0.717, 1.165) is 31.6 Å². The molecule has 0 fully saturated rings. The van der Waals surface area contributed by atoms with Crippen molar-refractivity contribution < 1.29 is 9.53 Å². The molecule has 0 aliphatic rings. The number of nitrogens with two attached hydrogens (primary N) is 1. The lowest BCUT2D eigenvalue weighted by molar-refractivity contribution is -0.120. The van der Waals surface area contributed by atoms with E-state index >= 15 is 0 Å². The Morgan fingerprint density at radius 3 is 2.50 bits per heavy atom. The van der Waals surface area contributed by atoms with Crippen LogP contribution in [0.4, 0.5) is 0 Å². The van der Waals surface area contributed by atoms with Gasteiger partial charge in [0.15, 0.2) is 0 Å². The minimum atomic E-state index is -0.319. The van der Waals surface area contributed by atoms with Crippen molar-refractivity contribution in [3.63, 3.8) is 0 Å². The first-order valence-corrected chi connectivity index (χ1v) is 7.41. The Balaban J connectivity index is 2.36. The molecule has 1 rings (SSSR count). The Morgan fingerprint density at radius 2 is 1.95 bits per heavy atom. The number of ether oxygens (including phenoxy) is 1. The largest absolute Gasteiger partial charge is 0.494 e. The molecule has 20 heavy (non-hydrogen) atoms. The molecule has 0 bridgehead atoms. The molecule has 4 nitrogen and oxygen atoms in total. The summed E-state index contributed by atoms with van der Waals surface area (Å²) in [6.45, 7) is 5.49. The van der Waals surface area contributed by atoms with Crippen LogP contribution in [-0.4, -0.2) is 25.1 Å². The number of hydrogen-bond acceptors (Lipinski definition) is 3. The average Bonchev–Trinajstić information content (AvgIpc) is 2.44. The van der Waals surface area contributed by atoms with E-state index in [0.29, 0.717) is 13.0 Å². The maximum Gasteiger partial charge on any atom is 0.234 e. The van der Waals surface area contributed by atoms with Gasteiger partial charge in [0.05, 0.1) is 12.6 Å². The van der Waals surface area contributed by atoms with Crippen molar-refractivity contribution in [2.45, 2.75) is 45.6 Å². The molecule has 1 aromatic carbocycles. The van der Waals surface area contributed by atoms with Crippen LogP contribution >= 0.6 is 0 Å². The first-order valence-electron chi connectivity index (χ1n) is 7.41. The quantitative estimate of drug-likeness (QED) is 0.690. The van der Waals surface area contributed by atoms with E-state index in [1.165, 1.54) is 5.56 Å². The smallest absolute Gasteiger partial charge is 0.234 e. The van der Waals surface area contributed by atoms with Crippen LogP contribution in [0.1, 0.15) is 38.7 Å². The topological polar surface area (TPSA) is 64.3 Å². The monoisotopic (exact) mass is 278 g/mol. The summed E-state index contributed by atoms with van der Waals surface area (Å²) in [7, 11) is 0. The summed E-state index contributed by atoms with van der Waals surface area (Å²) in [5.74, 6) is 0.518. The summed E-state index contributed by atoms with van der Waals surface area (Å²) >= 11 is 0. The van der Waals surface area contributed by atoms with Crippen LogP contribution < -0.4 is 15.8 Å². The summed E-state index contributed by atoms with van der Waals surface area (Å²) in [5.41, 5.74) is 6.67. The van der Waals surface area contributed by atoms with Gasteiger partial charge in [-0.2, -0.15) is 0 Å². The molecule has 1 unspecified atom stereocenters. The SMILES string of the molecule is CCCNC(CCOc1ccc(CCC)cc1)C(N)=O. The zero-order chi connectivity index (χ0) is 14.8. The summed E-state index contributed by atoms with van der Waals surface area (Å²) in [5, 5.41) is 3.13. The third-order valence-electron chi connectivity index (χ3n) is 3.12. The standard InChI is InChI=1S/C16H26N2O2/c1-3-5-13-6-8-14(9-7-13)20-12-10-15(16(17)19)18-11-4-2/h6-9,15,18H,3-5,10-12H2,1-2H3,(H2,17,19). The summed E-state index contributed by atoms with van der Waals surface area (Å²) in [6.07, 6.45) is 3.80. The van der Waals surface area contributed by atoms with E-state index in [1.807, 2.05) is 12.1 Å². The maximum atomic E-state index is 11.3. The van der Waals surface area contributed by atoms with Gasteiger partial charge >= 0.3 is 0 Å². The van der Waals surface area contributed by atoms with Gasteiger partial charge in [0.2, 0.25) is 5.91 Å². The Kier molecular flexibility index (Phi) is 7.73. The van der Waals surface area contributed by atoms with Crippen molar-refractivity contribution >= 4 is 5.91 Å². The molecule has 1 atom stereocenters. The van der Waals surface area contributed by atoms with Crippen LogP contribution in [0.2, 0.25) is 0 Å². The van der Waals surface area contributed by atoms with Crippen molar-refractivity contribution in [2.75, 3.05) is 13.2 Å². The molecule has 0 heterocycles. The number of hydrogen-bond donors (Lipinski definition) is 2. The van der Waals surface area contributed by atoms with Gasteiger partial charge in [-0.3, -0.25) is 4.79 Å². The zero-order valence-electron chi connectivity index (χ0n) is 12.5. The molecule has 0 radical (unpaired) electrons. The molecular weight excluding hydrogens is 252 g/mol. The van der Waals surface area contributed by atoms with Gasteiger partial charge in [-0.15, -0.1) is 0 Å². The molecule has 0 aliphatic carbocycles. The van der Waals surface area contributed by atoms with E-state index < -0.39 is 0 Å². The number of aryl methyl sites for hydroxylation is 1. The van der Waals surface area contributed by atoms with Crippen molar-refractivity contribution in [1.82, 2.24) is 5.32 Å². The van der Waals surface area contributed by atoms with E-state index in [1.54, 1.807) is 0 Å². The Bertz CT molecular complexity index is 390. The van der Waals surface area contributed by atoms with Gasteiger partial charge in [0.1, 0.15) is 5.75 Å². The number of rotatable bonds is 10. The second kappa shape index (κ2) is 9.37. The third kappa shape index (κ3) is 6.06. The molecule has 3 N–H and O–H groups in total. The zero-order valence-corrected chi connectivity index (χ0v) is 12.5. The Labute approximate surface area is 121 Å². The van der Waals surface area contributed by atoms with Gasteiger partial charge in [-0.25, -0.2) is 0 Å². The summed E-state index contributed by atoms with van der Waals surface area (Å²) < 4.78 is 5.65. The molecule has 0 spiro atoms. The van der Waals surface area contributed by atoms with E-state index in [9.17, 15) is 4.79 Å². The van der Waals surface area contributed by atoms with Crippen LogP contribution in [0, 0.1) is 0 Å². The first kappa shape index (κ1) is 16.5. The second-order valence-electron chi connectivity index (χ2n) is 4.94. The normalized spacial score (nSPS) is 12.1. The molecule has 1 amide bonds. The highest BCUT2D eigenvalue weighted by Crippen LogP contribution is 2.13. The predicted octanol–water partition coefficient (Wildman–Crippen LogP) is 2.26. The molecule has 0 saturated carbocycles. The Morgan fingerprint density at radius 1 is 1.25 bits per heavy atom. The fourth-order valence-corrected chi connectivity index (χ4v) is 2.00. The summed E-state index contributed by atoms with van der Waals surface area (Å²) in [4.78, 5) is 11.3. The van der Waals surface area contributed by atoms with Crippen LogP contribution in [-0.2, 0) is 11.2 Å². The number of carbonyl (C=O) groups excluding carboxylic acids is 1. The number of nitrogens with one attached hydrogen (secondary N) is 1. The molecule has 4 heteroatoms. The molecule has 112 valence electrons. The lowest BCUT2D eigenvalue weighted by Crippen LogP contribution is -2.42. The molecular formula is C16H26N2O2. The Hall–Kier alpha value is -1.55. The molecule has 0 saturated heterocycles. The predicted molar refractivity (Wildman–Crippen MR) is 81.8 cm³/mol. The van der Waals surface area contributed by atoms with Crippen LogP contribution in [0.25, 0.3) is 0 Å². The lowest BCUT2D eigenvalue weighted by Gasteiger charge is -2.15. The summed E-state index contributed by atoms with van der Waals surface area (Å²) in [6, 6.07) is 7.81. The lowest BCUT2D eigenvalue weighted by atomic mass is 10.1. The highest BCUT2D eigenvalue weighted by atomic mass is 16.5. The van der Waals surface area contributed by atoms with Crippen molar-refractivity contribution in [2.24, 2.45) is 5.73 Å². The molecule has 0 aliphatic heterocycles. The van der Waals surface area contributed by atoms with Gasteiger partial charge < -0.3 is 15.8 Å². The van der Waals surface area contributed by atoms with Gasteiger partial charge in [-0.05, 0) is 37.1 Å². The van der Waals surface area contributed by atoms with Crippen molar-refractivity contribution in [1.29, 1.82) is 0 Å². The van der Waals surface area contributed by atoms with E-state index in [4.69, 9.17) is 10.5 Å². The van der Waals surface area contributed by atoms with Crippen LogP contribution in [0.15, 0.2) is 24.3 Å².